The Morgan fingerprint density at radius 3 is 2.69 bits per heavy atom. The Morgan fingerprint density at radius 1 is 1.00 bits per heavy atom. The van der Waals surface area contributed by atoms with Crippen molar-refractivity contribution in [3.05, 3.63) is 60.6 Å². The largest absolute Gasteiger partial charge is 0.492 e. The molecule has 0 fully saturated rings. The summed E-state index contributed by atoms with van der Waals surface area (Å²) in [7, 11) is 0. The van der Waals surface area contributed by atoms with Gasteiger partial charge in [-0.25, -0.2) is 19.5 Å². The molecule has 9 nitrogen and oxygen atoms in total. The molecule has 0 saturated carbocycles. The van der Waals surface area contributed by atoms with E-state index in [1.165, 1.54) is 6.33 Å². The Balaban J connectivity index is 1.49. The minimum absolute atomic E-state index is 0.360. The molecule has 0 aliphatic carbocycles. The maximum atomic E-state index is 6.21. The van der Waals surface area contributed by atoms with E-state index in [9.17, 15) is 0 Å². The standard InChI is InChI=1S/C23H21N7O2/c1-3-31-20-11-18-16(10-17(20)24)22(25)29-23(28-18)14-4-5-19(13(2)8-14)32-15-6-7-30-21(9-15)26-12-27-30/h4-12H,3,24H2,1-2H3,(H2,25,28,29). The van der Waals surface area contributed by atoms with Crippen LogP contribution in [0.25, 0.3) is 27.9 Å². The van der Waals surface area contributed by atoms with Crippen molar-refractivity contribution in [1.82, 2.24) is 24.6 Å². The smallest absolute Gasteiger partial charge is 0.162 e. The van der Waals surface area contributed by atoms with Crippen LogP contribution in [0.15, 0.2) is 55.0 Å². The second-order valence-corrected chi connectivity index (χ2v) is 7.28. The van der Waals surface area contributed by atoms with Crippen LogP contribution in [-0.4, -0.2) is 31.2 Å². The van der Waals surface area contributed by atoms with Crippen LogP contribution in [0.4, 0.5) is 11.5 Å². The van der Waals surface area contributed by atoms with Crippen molar-refractivity contribution >= 4 is 28.1 Å². The van der Waals surface area contributed by atoms with Crippen LogP contribution >= 0.6 is 0 Å². The maximum Gasteiger partial charge on any atom is 0.162 e. The lowest BCUT2D eigenvalue weighted by Gasteiger charge is -2.12. The number of rotatable bonds is 5. The molecule has 5 aromatic rings. The van der Waals surface area contributed by atoms with Gasteiger partial charge in [0.1, 0.15) is 29.4 Å². The fraction of sp³-hybridized carbons (Fsp3) is 0.130. The third kappa shape index (κ3) is 3.49. The third-order valence-electron chi connectivity index (χ3n) is 5.07. The summed E-state index contributed by atoms with van der Waals surface area (Å²) in [6.45, 7) is 4.38. The van der Waals surface area contributed by atoms with Crippen LogP contribution in [0.3, 0.4) is 0 Å². The van der Waals surface area contributed by atoms with Gasteiger partial charge in [-0.15, -0.1) is 0 Å². The number of ether oxygens (including phenoxy) is 2. The molecule has 5 rings (SSSR count). The van der Waals surface area contributed by atoms with E-state index in [0.29, 0.717) is 52.0 Å². The van der Waals surface area contributed by atoms with Crippen molar-refractivity contribution < 1.29 is 9.47 Å². The minimum Gasteiger partial charge on any atom is -0.492 e. The topological polar surface area (TPSA) is 126 Å². The molecule has 0 radical (unpaired) electrons. The fourth-order valence-electron chi connectivity index (χ4n) is 3.50. The lowest BCUT2D eigenvalue weighted by Crippen LogP contribution is -2.01. The van der Waals surface area contributed by atoms with Gasteiger partial charge < -0.3 is 20.9 Å². The highest BCUT2D eigenvalue weighted by Crippen LogP contribution is 2.33. The van der Waals surface area contributed by atoms with Crippen molar-refractivity contribution in [3.8, 4) is 28.6 Å². The van der Waals surface area contributed by atoms with E-state index in [1.54, 1.807) is 22.8 Å². The van der Waals surface area contributed by atoms with E-state index in [-0.39, 0.29) is 0 Å². The van der Waals surface area contributed by atoms with E-state index in [2.05, 4.69) is 20.1 Å². The maximum absolute atomic E-state index is 6.21. The molecule has 0 spiro atoms. The SMILES string of the molecule is CCOc1cc2nc(-c3ccc(Oc4ccn5ncnc5c4)c(C)c3)nc(N)c2cc1N. The Labute approximate surface area is 183 Å². The number of anilines is 2. The number of hydrogen-bond acceptors (Lipinski definition) is 8. The molecular weight excluding hydrogens is 406 g/mol. The quantitative estimate of drug-likeness (QED) is 0.403. The molecule has 0 aliphatic heterocycles. The zero-order valence-electron chi connectivity index (χ0n) is 17.6. The zero-order valence-corrected chi connectivity index (χ0v) is 17.6. The highest BCUT2D eigenvalue weighted by atomic mass is 16.5. The van der Waals surface area contributed by atoms with Gasteiger partial charge in [0, 0.05) is 29.3 Å². The van der Waals surface area contributed by atoms with Crippen LogP contribution in [0.1, 0.15) is 12.5 Å². The van der Waals surface area contributed by atoms with Gasteiger partial charge in [0.05, 0.1) is 17.8 Å². The van der Waals surface area contributed by atoms with E-state index < -0.39 is 0 Å². The molecule has 0 atom stereocenters. The summed E-state index contributed by atoms with van der Waals surface area (Å²) >= 11 is 0. The highest BCUT2D eigenvalue weighted by molar-refractivity contribution is 5.93. The van der Waals surface area contributed by atoms with Crippen LogP contribution in [0.2, 0.25) is 0 Å². The number of nitrogens with two attached hydrogens (primary N) is 2. The van der Waals surface area contributed by atoms with Crippen LogP contribution in [0, 0.1) is 6.92 Å². The van der Waals surface area contributed by atoms with Crippen molar-refractivity contribution in [1.29, 1.82) is 0 Å². The molecule has 160 valence electrons. The monoisotopic (exact) mass is 427 g/mol. The first-order valence-corrected chi connectivity index (χ1v) is 10.1. The van der Waals surface area contributed by atoms with Crippen LogP contribution < -0.4 is 20.9 Å². The van der Waals surface area contributed by atoms with E-state index in [1.807, 2.05) is 44.2 Å². The molecular formula is C23H21N7O2. The lowest BCUT2D eigenvalue weighted by atomic mass is 10.1. The van der Waals surface area contributed by atoms with Gasteiger partial charge in [0.25, 0.3) is 0 Å². The molecule has 3 heterocycles. The average Bonchev–Trinajstić information content (AvgIpc) is 3.24. The molecule has 32 heavy (non-hydrogen) atoms. The van der Waals surface area contributed by atoms with Gasteiger partial charge >= 0.3 is 0 Å². The summed E-state index contributed by atoms with van der Waals surface area (Å²) < 4.78 is 13.3. The molecule has 2 aromatic carbocycles. The summed E-state index contributed by atoms with van der Waals surface area (Å²) in [4.78, 5) is 13.4. The number of nitrogens with zero attached hydrogens (tertiary/aromatic N) is 5. The first-order chi connectivity index (χ1) is 15.5. The predicted molar refractivity (Wildman–Crippen MR) is 123 cm³/mol. The average molecular weight is 427 g/mol. The predicted octanol–water partition coefficient (Wildman–Crippen LogP) is 4.00. The van der Waals surface area contributed by atoms with E-state index in [4.69, 9.17) is 20.9 Å². The molecule has 0 bridgehead atoms. The number of fused-ring (bicyclic) bond motifs is 2. The molecule has 0 aliphatic rings. The third-order valence-corrected chi connectivity index (χ3v) is 5.07. The van der Waals surface area contributed by atoms with Crippen molar-refractivity contribution in [3.63, 3.8) is 0 Å². The number of hydrogen-bond donors (Lipinski definition) is 2. The van der Waals surface area contributed by atoms with Crippen molar-refractivity contribution in [2.75, 3.05) is 18.1 Å². The number of pyridine rings is 1. The normalized spacial score (nSPS) is 11.2. The summed E-state index contributed by atoms with van der Waals surface area (Å²) in [6.07, 6.45) is 3.30. The van der Waals surface area contributed by atoms with E-state index in [0.717, 1.165) is 16.9 Å². The first kappa shape index (κ1) is 19.6. The molecule has 0 unspecified atom stereocenters. The summed E-state index contributed by atoms with van der Waals surface area (Å²) in [6, 6.07) is 13.0. The highest BCUT2D eigenvalue weighted by Gasteiger charge is 2.13. The van der Waals surface area contributed by atoms with Crippen molar-refractivity contribution in [2.45, 2.75) is 13.8 Å². The molecule has 4 N–H and O–H groups in total. The molecule has 3 aromatic heterocycles. The van der Waals surface area contributed by atoms with Gasteiger partial charge in [-0.2, -0.15) is 5.10 Å². The van der Waals surface area contributed by atoms with E-state index >= 15 is 0 Å². The Hall–Kier alpha value is -4.40. The lowest BCUT2D eigenvalue weighted by molar-refractivity contribution is 0.342. The molecule has 0 amide bonds. The summed E-state index contributed by atoms with van der Waals surface area (Å²) in [5, 5.41) is 4.78. The number of nitrogen functional groups attached to an aromatic ring is 2. The molecule has 0 saturated heterocycles. The second kappa shape index (κ2) is 7.69. The molecule has 9 heteroatoms. The van der Waals surface area contributed by atoms with Gasteiger partial charge in [0.2, 0.25) is 0 Å². The fourth-order valence-corrected chi connectivity index (χ4v) is 3.50. The Kier molecular flexibility index (Phi) is 4.70. The minimum atomic E-state index is 0.360. The summed E-state index contributed by atoms with van der Waals surface area (Å²) in [5.74, 6) is 2.85. The van der Waals surface area contributed by atoms with Crippen molar-refractivity contribution in [2.24, 2.45) is 0 Å². The van der Waals surface area contributed by atoms with Crippen LogP contribution in [0.5, 0.6) is 17.2 Å². The first-order valence-electron chi connectivity index (χ1n) is 10.1. The number of aromatic nitrogens is 5. The summed E-state index contributed by atoms with van der Waals surface area (Å²) in [5.41, 5.74) is 15.9. The second-order valence-electron chi connectivity index (χ2n) is 7.28. The Bertz CT molecular complexity index is 1460. The van der Waals surface area contributed by atoms with Gasteiger partial charge in [-0.1, -0.05) is 0 Å². The van der Waals surface area contributed by atoms with Gasteiger partial charge in [0.15, 0.2) is 11.5 Å². The van der Waals surface area contributed by atoms with Gasteiger partial charge in [-0.3, -0.25) is 0 Å². The van der Waals surface area contributed by atoms with Crippen LogP contribution in [-0.2, 0) is 0 Å². The van der Waals surface area contributed by atoms with Gasteiger partial charge in [-0.05, 0) is 49.7 Å². The Morgan fingerprint density at radius 2 is 1.88 bits per heavy atom. The zero-order chi connectivity index (χ0) is 22.2. The number of benzene rings is 2. The number of aryl methyl sites for hydroxylation is 1.